The van der Waals surface area contributed by atoms with Gasteiger partial charge in [0.15, 0.2) is 0 Å². The van der Waals surface area contributed by atoms with Crippen LogP contribution in [0.1, 0.15) is 22.8 Å². The lowest BCUT2D eigenvalue weighted by atomic mass is 10.1. The molecule has 2 amide bonds. The number of amides is 2. The van der Waals surface area contributed by atoms with Crippen LogP contribution in [0.3, 0.4) is 0 Å². The second-order valence-corrected chi connectivity index (χ2v) is 5.50. The molecular weight excluding hydrogens is 304 g/mol. The van der Waals surface area contributed by atoms with Crippen LogP contribution in [-0.2, 0) is 4.79 Å². The van der Waals surface area contributed by atoms with E-state index >= 15 is 0 Å². The van der Waals surface area contributed by atoms with E-state index in [1.807, 2.05) is 44.2 Å². The Kier molecular flexibility index (Phi) is 5.95. The Morgan fingerprint density at radius 1 is 1.08 bits per heavy atom. The van der Waals surface area contributed by atoms with Crippen LogP contribution in [0.25, 0.3) is 0 Å². The molecule has 0 heterocycles. The zero-order valence-electron chi connectivity index (χ0n) is 14.2. The predicted molar refractivity (Wildman–Crippen MR) is 94.4 cm³/mol. The molecule has 0 aromatic heterocycles. The third-order valence-corrected chi connectivity index (χ3v) is 3.48. The van der Waals surface area contributed by atoms with Crippen LogP contribution in [0, 0.1) is 6.92 Å². The molecular formula is C19H22N2O3. The van der Waals surface area contributed by atoms with E-state index in [0.29, 0.717) is 23.6 Å². The van der Waals surface area contributed by atoms with Gasteiger partial charge in [0.1, 0.15) is 5.75 Å². The summed E-state index contributed by atoms with van der Waals surface area (Å²) in [6, 6.07) is 14.5. The topological polar surface area (TPSA) is 58.6 Å². The number of carbonyl (C=O) groups is 2. The summed E-state index contributed by atoms with van der Waals surface area (Å²) in [5.41, 5.74) is 2.28. The van der Waals surface area contributed by atoms with Crippen molar-refractivity contribution in [3.05, 3.63) is 59.7 Å². The highest BCUT2D eigenvalue weighted by Gasteiger charge is 2.18. The lowest BCUT2D eigenvalue weighted by Crippen LogP contribution is -2.35. The van der Waals surface area contributed by atoms with Crippen molar-refractivity contribution in [1.82, 2.24) is 4.90 Å². The summed E-state index contributed by atoms with van der Waals surface area (Å²) in [7, 11) is 1.60. The molecule has 0 bridgehead atoms. The number of benzene rings is 2. The van der Waals surface area contributed by atoms with Crippen molar-refractivity contribution in [2.24, 2.45) is 0 Å². The SMILES string of the molecule is CCOc1ccccc1C(=O)N(C)CC(=O)Nc1ccc(C)cc1. The van der Waals surface area contributed by atoms with Gasteiger partial charge < -0.3 is 15.0 Å². The standard InChI is InChI=1S/C19H22N2O3/c1-4-24-17-8-6-5-7-16(17)19(23)21(3)13-18(22)20-15-11-9-14(2)10-12-15/h5-12H,4,13H2,1-3H3,(H,20,22). The van der Waals surface area contributed by atoms with Gasteiger partial charge in [-0.05, 0) is 38.1 Å². The molecule has 24 heavy (non-hydrogen) atoms. The van der Waals surface area contributed by atoms with Crippen molar-refractivity contribution < 1.29 is 14.3 Å². The monoisotopic (exact) mass is 326 g/mol. The average Bonchev–Trinajstić information content (AvgIpc) is 2.57. The van der Waals surface area contributed by atoms with E-state index in [1.54, 1.807) is 25.2 Å². The Morgan fingerprint density at radius 2 is 1.75 bits per heavy atom. The van der Waals surface area contributed by atoms with Crippen LogP contribution in [-0.4, -0.2) is 36.9 Å². The number of para-hydroxylation sites is 1. The Labute approximate surface area is 142 Å². The lowest BCUT2D eigenvalue weighted by molar-refractivity contribution is -0.116. The molecule has 5 nitrogen and oxygen atoms in total. The minimum Gasteiger partial charge on any atom is -0.493 e. The molecule has 0 fully saturated rings. The van der Waals surface area contributed by atoms with E-state index in [1.165, 1.54) is 4.90 Å². The summed E-state index contributed by atoms with van der Waals surface area (Å²) in [4.78, 5) is 26.0. The van der Waals surface area contributed by atoms with Gasteiger partial charge in [0.25, 0.3) is 5.91 Å². The second kappa shape index (κ2) is 8.15. The minimum atomic E-state index is -0.252. The number of hydrogen-bond donors (Lipinski definition) is 1. The minimum absolute atomic E-state index is 0.0346. The molecule has 2 aromatic carbocycles. The fourth-order valence-corrected chi connectivity index (χ4v) is 2.25. The molecule has 126 valence electrons. The third kappa shape index (κ3) is 4.59. The van der Waals surface area contributed by atoms with Gasteiger partial charge in [0.05, 0.1) is 18.7 Å². The number of nitrogens with zero attached hydrogens (tertiary/aromatic N) is 1. The van der Waals surface area contributed by atoms with Gasteiger partial charge in [0, 0.05) is 12.7 Å². The first-order chi connectivity index (χ1) is 11.5. The number of hydrogen-bond acceptors (Lipinski definition) is 3. The van der Waals surface area contributed by atoms with Crippen molar-refractivity contribution in [2.45, 2.75) is 13.8 Å². The summed E-state index contributed by atoms with van der Waals surface area (Å²) in [5, 5.41) is 2.78. The first-order valence-electron chi connectivity index (χ1n) is 7.85. The molecule has 1 N–H and O–H groups in total. The highest BCUT2D eigenvalue weighted by atomic mass is 16.5. The number of aryl methyl sites for hydroxylation is 1. The number of anilines is 1. The fraction of sp³-hybridized carbons (Fsp3) is 0.263. The number of likely N-dealkylation sites (N-methyl/N-ethyl adjacent to an activating group) is 1. The van der Waals surface area contributed by atoms with Gasteiger partial charge in [-0.3, -0.25) is 9.59 Å². The van der Waals surface area contributed by atoms with Gasteiger partial charge in [-0.25, -0.2) is 0 Å². The average molecular weight is 326 g/mol. The molecule has 0 atom stereocenters. The van der Waals surface area contributed by atoms with Gasteiger partial charge in [-0.15, -0.1) is 0 Å². The maximum atomic E-state index is 12.5. The summed E-state index contributed by atoms with van der Waals surface area (Å²) in [5.74, 6) is 0.0255. The van der Waals surface area contributed by atoms with E-state index in [9.17, 15) is 9.59 Å². The quantitative estimate of drug-likeness (QED) is 0.887. The first kappa shape index (κ1) is 17.5. The van der Waals surface area contributed by atoms with Crippen molar-refractivity contribution in [3.8, 4) is 5.75 Å². The van der Waals surface area contributed by atoms with E-state index in [4.69, 9.17) is 4.74 Å². The predicted octanol–water partition coefficient (Wildman–Crippen LogP) is 3.10. The smallest absolute Gasteiger partial charge is 0.257 e. The summed E-state index contributed by atoms with van der Waals surface area (Å²) >= 11 is 0. The van der Waals surface area contributed by atoms with Crippen LogP contribution >= 0.6 is 0 Å². The lowest BCUT2D eigenvalue weighted by Gasteiger charge is -2.18. The molecule has 5 heteroatoms. The van der Waals surface area contributed by atoms with Crippen LogP contribution < -0.4 is 10.1 Å². The normalized spacial score (nSPS) is 10.1. The summed E-state index contributed by atoms with van der Waals surface area (Å²) < 4.78 is 5.47. The van der Waals surface area contributed by atoms with Crippen LogP contribution in [0.2, 0.25) is 0 Å². The Morgan fingerprint density at radius 3 is 2.42 bits per heavy atom. The molecule has 0 aliphatic carbocycles. The number of nitrogens with one attached hydrogen (secondary N) is 1. The van der Waals surface area contributed by atoms with E-state index < -0.39 is 0 Å². The zero-order chi connectivity index (χ0) is 17.5. The highest BCUT2D eigenvalue weighted by molar-refractivity contribution is 6.00. The zero-order valence-corrected chi connectivity index (χ0v) is 14.2. The van der Waals surface area contributed by atoms with Crippen molar-refractivity contribution >= 4 is 17.5 Å². The maximum Gasteiger partial charge on any atom is 0.257 e. The van der Waals surface area contributed by atoms with Crippen molar-refractivity contribution in [1.29, 1.82) is 0 Å². The Balaban J connectivity index is 2.00. The van der Waals surface area contributed by atoms with Gasteiger partial charge in [-0.2, -0.15) is 0 Å². The second-order valence-electron chi connectivity index (χ2n) is 5.50. The van der Waals surface area contributed by atoms with Gasteiger partial charge in [0.2, 0.25) is 5.91 Å². The molecule has 0 saturated carbocycles. The molecule has 0 radical (unpaired) electrons. The van der Waals surface area contributed by atoms with Gasteiger partial charge in [-0.1, -0.05) is 29.8 Å². The number of ether oxygens (including phenoxy) is 1. The molecule has 0 saturated heterocycles. The fourth-order valence-electron chi connectivity index (χ4n) is 2.25. The molecule has 0 unspecified atom stereocenters. The third-order valence-electron chi connectivity index (χ3n) is 3.48. The van der Waals surface area contributed by atoms with Crippen LogP contribution in [0.5, 0.6) is 5.75 Å². The largest absolute Gasteiger partial charge is 0.493 e. The number of carbonyl (C=O) groups excluding carboxylic acids is 2. The maximum absolute atomic E-state index is 12.5. The Bertz CT molecular complexity index is 711. The van der Waals surface area contributed by atoms with E-state index in [-0.39, 0.29) is 18.4 Å². The summed E-state index contributed by atoms with van der Waals surface area (Å²) in [6.07, 6.45) is 0. The molecule has 2 rings (SSSR count). The molecule has 2 aromatic rings. The van der Waals surface area contributed by atoms with E-state index in [2.05, 4.69) is 5.32 Å². The molecule has 0 aliphatic heterocycles. The highest BCUT2D eigenvalue weighted by Crippen LogP contribution is 2.19. The van der Waals surface area contributed by atoms with Crippen molar-refractivity contribution in [3.63, 3.8) is 0 Å². The van der Waals surface area contributed by atoms with Crippen molar-refractivity contribution in [2.75, 3.05) is 25.5 Å². The molecule has 0 aliphatic rings. The molecule has 0 spiro atoms. The van der Waals surface area contributed by atoms with Gasteiger partial charge >= 0.3 is 0 Å². The van der Waals surface area contributed by atoms with Crippen LogP contribution in [0.4, 0.5) is 5.69 Å². The van der Waals surface area contributed by atoms with Crippen LogP contribution in [0.15, 0.2) is 48.5 Å². The first-order valence-corrected chi connectivity index (χ1v) is 7.85. The van der Waals surface area contributed by atoms with E-state index in [0.717, 1.165) is 5.56 Å². The summed E-state index contributed by atoms with van der Waals surface area (Å²) in [6.45, 7) is 4.28. The number of rotatable bonds is 6. The Hall–Kier alpha value is -2.82.